The molecule has 1 fully saturated rings. The minimum absolute atomic E-state index is 0.0266. The van der Waals surface area contributed by atoms with Gasteiger partial charge in [0.25, 0.3) is 0 Å². The van der Waals surface area contributed by atoms with Crippen LogP contribution >= 0.6 is 0 Å². The maximum absolute atomic E-state index is 13.2. The fraction of sp³-hybridized carbons (Fsp3) is 0.500. The summed E-state index contributed by atoms with van der Waals surface area (Å²) in [5.74, 6) is 0.0114. The molecule has 5 heteroatoms. The third kappa shape index (κ3) is 4.21. The Bertz CT molecular complexity index is 459. The van der Waals surface area contributed by atoms with Crippen LogP contribution in [0.2, 0.25) is 0 Å². The van der Waals surface area contributed by atoms with Gasteiger partial charge in [0.15, 0.2) is 0 Å². The number of hydrogen-bond acceptors (Lipinski definition) is 3. The van der Waals surface area contributed by atoms with Crippen molar-refractivity contribution in [3.8, 4) is 5.75 Å². The average molecular weight is 266 g/mol. The smallest absolute Gasteiger partial charge is 0.223 e. The van der Waals surface area contributed by atoms with E-state index in [-0.39, 0.29) is 30.8 Å². The molecule has 4 nitrogen and oxygen atoms in total. The Morgan fingerprint density at radius 2 is 2.32 bits per heavy atom. The Morgan fingerprint density at radius 1 is 1.58 bits per heavy atom. The molecule has 0 saturated heterocycles. The third-order valence-corrected chi connectivity index (χ3v) is 3.00. The van der Waals surface area contributed by atoms with Gasteiger partial charge in [0.1, 0.15) is 11.6 Å². The van der Waals surface area contributed by atoms with Gasteiger partial charge in [0.05, 0.1) is 13.0 Å². The van der Waals surface area contributed by atoms with Crippen molar-refractivity contribution < 1.29 is 13.9 Å². The summed E-state index contributed by atoms with van der Waals surface area (Å²) in [4.78, 5) is 11.5. The Hall–Kier alpha value is -1.62. The minimum atomic E-state index is -0.373. The first kappa shape index (κ1) is 13.8. The van der Waals surface area contributed by atoms with E-state index >= 15 is 0 Å². The number of benzene rings is 1. The van der Waals surface area contributed by atoms with Gasteiger partial charge in [0.2, 0.25) is 5.91 Å². The molecule has 1 atom stereocenters. The second kappa shape index (κ2) is 6.02. The van der Waals surface area contributed by atoms with Crippen LogP contribution in [0.3, 0.4) is 0 Å². The Kier molecular flexibility index (Phi) is 4.37. The molecule has 0 spiro atoms. The molecule has 1 aliphatic carbocycles. The van der Waals surface area contributed by atoms with Crippen molar-refractivity contribution in [1.29, 1.82) is 0 Å². The first-order valence-electron chi connectivity index (χ1n) is 6.53. The minimum Gasteiger partial charge on any atom is -0.493 e. The lowest BCUT2D eigenvalue weighted by Gasteiger charge is -2.14. The first-order chi connectivity index (χ1) is 9.06. The van der Waals surface area contributed by atoms with E-state index in [0.717, 1.165) is 18.4 Å². The predicted molar refractivity (Wildman–Crippen MR) is 70.3 cm³/mol. The van der Waals surface area contributed by atoms with Crippen LogP contribution in [-0.2, 0) is 4.79 Å². The quantitative estimate of drug-likeness (QED) is 0.826. The normalized spacial score (nSPS) is 15.9. The van der Waals surface area contributed by atoms with E-state index in [2.05, 4.69) is 5.32 Å². The number of halogens is 1. The highest BCUT2D eigenvalue weighted by atomic mass is 19.1. The standard InChI is InChI=1S/C14H19FN2O2/c1-9(16)12-5-2-10(15)8-13(12)19-7-6-14(18)17-11-3-4-11/h2,5,8-9,11H,3-4,6-7,16H2,1H3,(H,17,18)/t9-/m0/s1. The van der Waals surface area contributed by atoms with E-state index in [9.17, 15) is 9.18 Å². The number of nitrogens with two attached hydrogens (primary N) is 1. The predicted octanol–water partition coefficient (Wildman–Crippen LogP) is 1.89. The molecule has 1 aliphatic rings. The molecule has 0 aliphatic heterocycles. The van der Waals surface area contributed by atoms with E-state index in [1.54, 1.807) is 13.0 Å². The number of amides is 1. The fourth-order valence-electron chi connectivity index (χ4n) is 1.79. The Morgan fingerprint density at radius 3 is 2.95 bits per heavy atom. The van der Waals surface area contributed by atoms with Crippen LogP contribution in [0.25, 0.3) is 0 Å². The molecule has 19 heavy (non-hydrogen) atoms. The summed E-state index contributed by atoms with van der Waals surface area (Å²) in [5, 5.41) is 2.87. The van der Waals surface area contributed by atoms with Gasteiger partial charge < -0.3 is 15.8 Å². The Balaban J connectivity index is 1.87. The fourth-order valence-corrected chi connectivity index (χ4v) is 1.79. The monoisotopic (exact) mass is 266 g/mol. The zero-order valence-electron chi connectivity index (χ0n) is 11.0. The van der Waals surface area contributed by atoms with E-state index < -0.39 is 0 Å². The van der Waals surface area contributed by atoms with Crippen molar-refractivity contribution in [2.45, 2.75) is 38.3 Å². The summed E-state index contributed by atoms with van der Waals surface area (Å²) in [7, 11) is 0. The SMILES string of the molecule is C[C@H](N)c1ccc(F)cc1OCCC(=O)NC1CC1. The molecular formula is C14H19FN2O2. The number of hydrogen-bond donors (Lipinski definition) is 2. The molecule has 0 heterocycles. The van der Waals surface area contributed by atoms with Crippen LogP contribution in [0.4, 0.5) is 4.39 Å². The summed E-state index contributed by atoms with van der Waals surface area (Å²) in [5.41, 5.74) is 6.53. The van der Waals surface area contributed by atoms with Gasteiger partial charge in [-0.3, -0.25) is 4.79 Å². The van der Waals surface area contributed by atoms with Crippen LogP contribution < -0.4 is 15.8 Å². The average Bonchev–Trinajstić information content (AvgIpc) is 3.12. The number of rotatable bonds is 6. The highest BCUT2D eigenvalue weighted by Gasteiger charge is 2.22. The van der Waals surface area contributed by atoms with Gasteiger partial charge in [-0.15, -0.1) is 0 Å². The molecule has 0 radical (unpaired) electrons. The van der Waals surface area contributed by atoms with Crippen molar-refractivity contribution >= 4 is 5.91 Å². The molecule has 1 saturated carbocycles. The molecule has 104 valence electrons. The van der Waals surface area contributed by atoms with Crippen LogP contribution in [-0.4, -0.2) is 18.6 Å². The number of nitrogens with one attached hydrogen (secondary N) is 1. The van der Waals surface area contributed by atoms with Gasteiger partial charge in [-0.05, 0) is 25.8 Å². The van der Waals surface area contributed by atoms with Gasteiger partial charge in [-0.1, -0.05) is 6.07 Å². The summed E-state index contributed by atoms with van der Waals surface area (Å²) in [6.07, 6.45) is 2.39. The number of ether oxygens (including phenoxy) is 1. The van der Waals surface area contributed by atoms with Crippen molar-refractivity contribution in [2.75, 3.05) is 6.61 Å². The van der Waals surface area contributed by atoms with Crippen molar-refractivity contribution in [1.82, 2.24) is 5.32 Å². The second-order valence-corrected chi connectivity index (χ2v) is 4.91. The molecule has 1 aromatic rings. The third-order valence-electron chi connectivity index (χ3n) is 3.00. The summed E-state index contributed by atoms with van der Waals surface area (Å²) in [6.45, 7) is 2.03. The van der Waals surface area contributed by atoms with Gasteiger partial charge >= 0.3 is 0 Å². The van der Waals surface area contributed by atoms with Gasteiger partial charge in [-0.25, -0.2) is 4.39 Å². The number of carbonyl (C=O) groups excluding carboxylic acids is 1. The summed E-state index contributed by atoms with van der Waals surface area (Å²) < 4.78 is 18.6. The maximum Gasteiger partial charge on any atom is 0.223 e. The molecular weight excluding hydrogens is 247 g/mol. The lowest BCUT2D eigenvalue weighted by Crippen LogP contribution is -2.26. The van der Waals surface area contributed by atoms with Gasteiger partial charge in [-0.2, -0.15) is 0 Å². The van der Waals surface area contributed by atoms with Crippen molar-refractivity contribution in [3.05, 3.63) is 29.6 Å². The molecule has 0 aromatic heterocycles. The lowest BCUT2D eigenvalue weighted by atomic mass is 10.1. The van der Waals surface area contributed by atoms with E-state index in [4.69, 9.17) is 10.5 Å². The van der Waals surface area contributed by atoms with E-state index in [0.29, 0.717) is 11.8 Å². The van der Waals surface area contributed by atoms with E-state index in [1.165, 1.54) is 12.1 Å². The zero-order chi connectivity index (χ0) is 13.8. The molecule has 0 bridgehead atoms. The Labute approximate surface area is 112 Å². The van der Waals surface area contributed by atoms with Crippen molar-refractivity contribution in [3.63, 3.8) is 0 Å². The van der Waals surface area contributed by atoms with Crippen LogP contribution in [0.5, 0.6) is 5.75 Å². The van der Waals surface area contributed by atoms with Crippen LogP contribution in [0.15, 0.2) is 18.2 Å². The molecule has 2 rings (SSSR count). The zero-order valence-corrected chi connectivity index (χ0v) is 11.0. The summed E-state index contributed by atoms with van der Waals surface area (Å²) >= 11 is 0. The topological polar surface area (TPSA) is 64.3 Å². The maximum atomic E-state index is 13.2. The first-order valence-corrected chi connectivity index (χ1v) is 6.53. The molecule has 1 aromatic carbocycles. The largest absolute Gasteiger partial charge is 0.493 e. The van der Waals surface area contributed by atoms with Gasteiger partial charge in [0, 0.05) is 23.7 Å². The molecule has 3 N–H and O–H groups in total. The second-order valence-electron chi connectivity index (χ2n) is 4.91. The van der Waals surface area contributed by atoms with E-state index in [1.807, 2.05) is 0 Å². The lowest BCUT2D eigenvalue weighted by molar-refractivity contribution is -0.121. The highest BCUT2D eigenvalue weighted by Crippen LogP contribution is 2.25. The van der Waals surface area contributed by atoms with Crippen LogP contribution in [0, 0.1) is 5.82 Å². The van der Waals surface area contributed by atoms with Crippen molar-refractivity contribution in [2.24, 2.45) is 5.73 Å². The highest BCUT2D eigenvalue weighted by molar-refractivity contribution is 5.76. The molecule has 0 unspecified atom stereocenters. The summed E-state index contributed by atoms with van der Waals surface area (Å²) in [6, 6.07) is 4.37. The van der Waals surface area contributed by atoms with Crippen LogP contribution in [0.1, 0.15) is 37.8 Å². The number of carbonyl (C=O) groups is 1. The molecule has 1 amide bonds.